The summed E-state index contributed by atoms with van der Waals surface area (Å²) in [6.45, 7) is 0. The molecule has 1 spiro atoms. The molecule has 1 unspecified atom stereocenters. The maximum absolute atomic E-state index is 2.59. The van der Waals surface area contributed by atoms with Crippen molar-refractivity contribution in [1.29, 1.82) is 0 Å². The smallest absolute Gasteiger partial charge is 0.0732 e. The van der Waals surface area contributed by atoms with Crippen LogP contribution in [0.15, 0.2) is 273 Å². The molecule has 0 amide bonds. The van der Waals surface area contributed by atoms with Crippen molar-refractivity contribution in [2.75, 3.05) is 4.90 Å². The molecule has 0 radical (unpaired) electrons. The van der Waals surface area contributed by atoms with E-state index in [0.29, 0.717) is 0 Å². The number of hydrogen-bond acceptors (Lipinski definition) is 1. The number of benzene rings is 12. The second-order valence-corrected chi connectivity index (χ2v) is 19.4. The lowest BCUT2D eigenvalue weighted by Gasteiger charge is -2.42. The summed E-state index contributed by atoms with van der Waals surface area (Å²) in [5, 5.41) is 4.97. The standard InChI is InChI=1S/C70H45N/c1-4-21-47(22-5-1)53-43-41-48-25-18-34-57-55-32-13-16-36-60(55)70(68(53)66(48)57)59-35-15-12-31-54(59)56-44-42-51(45-63(56)70)71(64-39-19-24-46-23-10-11-30-52(46)64)65-40-20-38-62-67(65)58-33-14-17-37-61(58)69(62,49-26-6-2-7-27-49)50-28-8-3-9-29-50/h1-45H. The molecule has 330 valence electrons. The van der Waals surface area contributed by atoms with E-state index in [4.69, 9.17) is 0 Å². The summed E-state index contributed by atoms with van der Waals surface area (Å²) in [6, 6.07) is 103. The van der Waals surface area contributed by atoms with Crippen molar-refractivity contribution in [2.45, 2.75) is 10.8 Å². The monoisotopic (exact) mass is 899 g/mol. The first-order valence-corrected chi connectivity index (χ1v) is 24.8. The summed E-state index contributed by atoms with van der Waals surface area (Å²) in [7, 11) is 0. The number of rotatable bonds is 6. The third-order valence-corrected chi connectivity index (χ3v) is 16.1. The molecule has 0 aliphatic heterocycles. The summed E-state index contributed by atoms with van der Waals surface area (Å²) < 4.78 is 0. The van der Waals surface area contributed by atoms with Crippen LogP contribution in [0.1, 0.15) is 44.5 Å². The molecule has 1 atom stereocenters. The number of fused-ring (bicyclic) bond motifs is 13. The molecule has 0 saturated heterocycles. The lowest BCUT2D eigenvalue weighted by Crippen LogP contribution is -2.32. The van der Waals surface area contributed by atoms with Gasteiger partial charge in [-0.25, -0.2) is 0 Å². The van der Waals surface area contributed by atoms with Gasteiger partial charge in [-0.1, -0.05) is 249 Å². The van der Waals surface area contributed by atoms with Gasteiger partial charge in [-0.3, -0.25) is 0 Å². The highest BCUT2D eigenvalue weighted by molar-refractivity contribution is 6.11. The van der Waals surface area contributed by atoms with Crippen LogP contribution < -0.4 is 4.90 Å². The fourth-order valence-electron chi connectivity index (χ4n) is 13.5. The SMILES string of the molecule is c1ccc(-c2ccc3cccc4c3c2C2(c3ccccc3-c3ccc(N(c5cccc6c5-c5ccccc5C6(c5ccccc5)c5ccccc5)c5cccc6ccccc56)cc32)c2ccccc2-4)cc1. The lowest BCUT2D eigenvalue weighted by atomic mass is 9.60. The van der Waals surface area contributed by atoms with E-state index in [1.807, 2.05) is 0 Å². The first-order valence-electron chi connectivity index (χ1n) is 24.8. The van der Waals surface area contributed by atoms with Crippen LogP contribution in [-0.4, -0.2) is 0 Å². The fourth-order valence-corrected chi connectivity index (χ4v) is 13.5. The van der Waals surface area contributed by atoms with Crippen LogP contribution in [0.4, 0.5) is 17.1 Å². The molecule has 0 saturated carbocycles. The Hall–Kier alpha value is -9.04. The minimum Gasteiger partial charge on any atom is -0.309 e. The van der Waals surface area contributed by atoms with E-state index in [2.05, 4.69) is 278 Å². The zero-order valence-electron chi connectivity index (χ0n) is 38.9. The topological polar surface area (TPSA) is 3.24 Å². The van der Waals surface area contributed by atoms with Gasteiger partial charge in [-0.05, 0) is 124 Å². The minimum atomic E-state index is -0.650. The van der Waals surface area contributed by atoms with Crippen LogP contribution in [-0.2, 0) is 10.8 Å². The molecule has 3 aliphatic rings. The Morgan fingerprint density at radius 3 is 1.51 bits per heavy atom. The molecule has 0 aromatic heterocycles. The van der Waals surface area contributed by atoms with Gasteiger partial charge in [0.05, 0.1) is 22.2 Å². The molecule has 3 aliphatic carbocycles. The first-order chi connectivity index (χ1) is 35.3. The number of hydrogen-bond donors (Lipinski definition) is 0. The molecule has 1 nitrogen and oxygen atoms in total. The molecule has 1 heteroatoms. The Morgan fingerprint density at radius 1 is 0.282 bits per heavy atom. The van der Waals surface area contributed by atoms with Crippen LogP contribution in [0.2, 0.25) is 0 Å². The van der Waals surface area contributed by atoms with Gasteiger partial charge in [0.1, 0.15) is 0 Å². The van der Waals surface area contributed by atoms with E-state index in [-0.39, 0.29) is 0 Å². The predicted octanol–water partition coefficient (Wildman–Crippen LogP) is 17.8. The van der Waals surface area contributed by atoms with Gasteiger partial charge >= 0.3 is 0 Å². The van der Waals surface area contributed by atoms with Crippen LogP contribution >= 0.6 is 0 Å². The molecular weight excluding hydrogens is 855 g/mol. The average molecular weight is 900 g/mol. The quantitative estimate of drug-likeness (QED) is 0.161. The van der Waals surface area contributed by atoms with E-state index >= 15 is 0 Å². The highest BCUT2D eigenvalue weighted by Gasteiger charge is 2.52. The molecule has 0 fully saturated rings. The number of nitrogens with zero attached hydrogens (tertiary/aromatic N) is 1. The Kier molecular flexibility index (Phi) is 8.56. The molecule has 0 heterocycles. The Labute approximate surface area is 414 Å². The lowest BCUT2D eigenvalue weighted by molar-refractivity contribution is 0.768. The molecule has 0 N–H and O–H groups in total. The highest BCUT2D eigenvalue weighted by Crippen LogP contribution is 2.65. The zero-order chi connectivity index (χ0) is 46.7. The van der Waals surface area contributed by atoms with Gasteiger partial charge in [-0.2, -0.15) is 0 Å². The second-order valence-electron chi connectivity index (χ2n) is 19.4. The van der Waals surface area contributed by atoms with Crippen molar-refractivity contribution in [3.05, 3.63) is 317 Å². The first kappa shape index (κ1) is 39.9. The molecule has 15 rings (SSSR count). The van der Waals surface area contributed by atoms with Gasteiger partial charge in [0, 0.05) is 16.6 Å². The van der Waals surface area contributed by atoms with E-state index in [1.54, 1.807) is 0 Å². The molecular formula is C70H45N. The van der Waals surface area contributed by atoms with E-state index in [0.717, 1.165) is 17.1 Å². The third kappa shape index (κ3) is 5.35. The Morgan fingerprint density at radius 2 is 0.775 bits per heavy atom. The zero-order valence-corrected chi connectivity index (χ0v) is 38.9. The molecule has 12 aromatic rings. The summed E-state index contributed by atoms with van der Waals surface area (Å²) in [4.78, 5) is 2.59. The summed E-state index contributed by atoms with van der Waals surface area (Å²) in [6.07, 6.45) is 0. The maximum atomic E-state index is 2.59. The van der Waals surface area contributed by atoms with E-state index < -0.39 is 10.8 Å². The van der Waals surface area contributed by atoms with Crippen molar-refractivity contribution in [3.8, 4) is 44.5 Å². The van der Waals surface area contributed by atoms with Crippen LogP contribution in [0.25, 0.3) is 66.1 Å². The van der Waals surface area contributed by atoms with Crippen LogP contribution in [0.5, 0.6) is 0 Å². The largest absolute Gasteiger partial charge is 0.309 e. The van der Waals surface area contributed by atoms with E-state index in [1.165, 1.54) is 111 Å². The molecule has 12 aromatic carbocycles. The Bertz CT molecular complexity index is 4070. The van der Waals surface area contributed by atoms with Crippen molar-refractivity contribution in [2.24, 2.45) is 0 Å². The minimum absolute atomic E-state index is 0.551. The van der Waals surface area contributed by atoms with Gasteiger partial charge in [0.15, 0.2) is 0 Å². The summed E-state index contributed by atoms with van der Waals surface area (Å²) in [5.74, 6) is 0. The third-order valence-electron chi connectivity index (χ3n) is 16.1. The van der Waals surface area contributed by atoms with Gasteiger partial charge in [-0.15, -0.1) is 0 Å². The van der Waals surface area contributed by atoms with Gasteiger partial charge < -0.3 is 4.90 Å². The average Bonchev–Trinajstić information content (AvgIpc) is 3.93. The predicted molar refractivity (Wildman–Crippen MR) is 295 cm³/mol. The van der Waals surface area contributed by atoms with Crippen molar-refractivity contribution >= 4 is 38.6 Å². The summed E-state index contributed by atoms with van der Waals surface area (Å²) in [5.41, 5.74) is 22.6. The van der Waals surface area contributed by atoms with Gasteiger partial charge in [0.2, 0.25) is 0 Å². The van der Waals surface area contributed by atoms with Crippen LogP contribution in [0, 0.1) is 0 Å². The van der Waals surface area contributed by atoms with Crippen molar-refractivity contribution in [1.82, 2.24) is 0 Å². The molecule has 0 bridgehead atoms. The maximum Gasteiger partial charge on any atom is 0.0732 e. The van der Waals surface area contributed by atoms with Crippen LogP contribution in [0.3, 0.4) is 0 Å². The fraction of sp³-hybridized carbons (Fsp3) is 0.0286. The van der Waals surface area contributed by atoms with Crippen molar-refractivity contribution in [3.63, 3.8) is 0 Å². The Balaban J connectivity index is 1.08. The van der Waals surface area contributed by atoms with Gasteiger partial charge in [0.25, 0.3) is 0 Å². The molecule has 71 heavy (non-hydrogen) atoms. The normalized spacial score (nSPS) is 15.2. The second kappa shape index (κ2) is 15.2. The van der Waals surface area contributed by atoms with Crippen molar-refractivity contribution < 1.29 is 0 Å². The highest BCUT2D eigenvalue weighted by atomic mass is 15.1. The van der Waals surface area contributed by atoms with E-state index in [9.17, 15) is 0 Å². The summed E-state index contributed by atoms with van der Waals surface area (Å²) >= 11 is 0. The number of anilines is 3.